The zero-order valence-electron chi connectivity index (χ0n) is 6.30. The highest BCUT2D eigenvalue weighted by atomic mass is 16.5. The molecule has 2 unspecified atom stereocenters. The molecule has 12 heavy (non-hydrogen) atoms. The van der Waals surface area contributed by atoms with E-state index in [2.05, 4.69) is 0 Å². The van der Waals surface area contributed by atoms with Crippen LogP contribution in [0.5, 0.6) is 0 Å². The van der Waals surface area contributed by atoms with Crippen LogP contribution in [0.25, 0.3) is 0 Å². The molecule has 0 spiro atoms. The summed E-state index contributed by atoms with van der Waals surface area (Å²) in [6.07, 6.45) is -1.91. The highest BCUT2D eigenvalue weighted by Gasteiger charge is 2.37. The van der Waals surface area contributed by atoms with Gasteiger partial charge < -0.3 is 15.9 Å². The van der Waals surface area contributed by atoms with Gasteiger partial charge in [-0.2, -0.15) is 0 Å². The first-order valence-corrected chi connectivity index (χ1v) is 3.49. The number of hydrogen-bond acceptors (Lipinski definition) is 3. The van der Waals surface area contributed by atoms with Crippen molar-refractivity contribution in [2.75, 3.05) is 6.54 Å². The minimum Gasteiger partial charge on any atom is -0.465 e. The maximum absolute atomic E-state index is 10.7. The largest absolute Gasteiger partial charge is 0.465 e. The zero-order chi connectivity index (χ0) is 9.30. The first-order valence-electron chi connectivity index (χ1n) is 3.49. The average molecular weight is 175 g/mol. The van der Waals surface area contributed by atoms with E-state index in [0.29, 0.717) is 0 Å². The summed E-state index contributed by atoms with van der Waals surface area (Å²) in [5, 5.41) is 17.6. The second-order valence-electron chi connectivity index (χ2n) is 2.74. The van der Waals surface area contributed by atoms with E-state index in [1.54, 1.807) is 0 Å². The van der Waals surface area contributed by atoms with Crippen LogP contribution < -0.4 is 5.73 Å². The van der Waals surface area contributed by atoms with Crippen LogP contribution in [-0.4, -0.2) is 45.8 Å². The van der Waals surface area contributed by atoms with Crippen LogP contribution in [0.2, 0.25) is 0 Å². The van der Waals surface area contributed by atoms with E-state index in [1.807, 2.05) is 0 Å². The van der Waals surface area contributed by atoms with Gasteiger partial charge in [-0.1, -0.05) is 0 Å². The molecule has 0 aromatic heterocycles. The Kier molecular flexibility index (Phi) is 2.18. The molecular formula is C6H10N2O4. The molecule has 1 aliphatic rings. The molecule has 1 aliphatic heterocycles. The first kappa shape index (κ1) is 8.79. The van der Waals surface area contributed by atoms with Crippen LogP contribution in [0, 0.1) is 0 Å². The third kappa shape index (κ3) is 1.48. The predicted octanol–water partition coefficient (Wildman–Crippen LogP) is -1.42. The van der Waals surface area contributed by atoms with Crippen LogP contribution in [0.4, 0.5) is 4.79 Å². The number of aliphatic hydroxyl groups excluding tert-OH is 1. The van der Waals surface area contributed by atoms with Gasteiger partial charge in [-0.05, 0) is 0 Å². The molecule has 0 bridgehead atoms. The molecule has 0 aliphatic carbocycles. The van der Waals surface area contributed by atoms with Crippen molar-refractivity contribution in [3.05, 3.63) is 0 Å². The van der Waals surface area contributed by atoms with Gasteiger partial charge in [-0.3, -0.25) is 9.69 Å². The van der Waals surface area contributed by atoms with Gasteiger partial charge in [0, 0.05) is 6.42 Å². The van der Waals surface area contributed by atoms with E-state index >= 15 is 0 Å². The number of primary amides is 1. The number of nitrogens with zero attached hydrogens (tertiary/aromatic N) is 1. The molecule has 68 valence electrons. The summed E-state index contributed by atoms with van der Waals surface area (Å²) in [5.74, 6) is -0.714. The van der Waals surface area contributed by atoms with Crippen molar-refractivity contribution >= 4 is 12.0 Å². The molecule has 1 saturated heterocycles. The van der Waals surface area contributed by atoms with E-state index in [0.717, 1.165) is 4.90 Å². The van der Waals surface area contributed by atoms with Gasteiger partial charge in [0.25, 0.3) is 0 Å². The lowest BCUT2D eigenvalue weighted by atomic mass is 10.2. The van der Waals surface area contributed by atoms with E-state index in [-0.39, 0.29) is 13.0 Å². The maximum atomic E-state index is 10.7. The van der Waals surface area contributed by atoms with Gasteiger partial charge in [0.2, 0.25) is 5.91 Å². The lowest BCUT2D eigenvalue weighted by Crippen LogP contribution is -2.43. The fourth-order valence-electron chi connectivity index (χ4n) is 1.29. The molecule has 2 atom stereocenters. The molecule has 0 radical (unpaired) electrons. The summed E-state index contributed by atoms with van der Waals surface area (Å²) < 4.78 is 0. The van der Waals surface area contributed by atoms with Crippen LogP contribution >= 0.6 is 0 Å². The third-order valence-electron chi connectivity index (χ3n) is 1.85. The normalized spacial score (nSPS) is 28.9. The van der Waals surface area contributed by atoms with Crippen molar-refractivity contribution < 1.29 is 19.8 Å². The Morgan fingerprint density at radius 1 is 1.50 bits per heavy atom. The summed E-state index contributed by atoms with van der Waals surface area (Å²) >= 11 is 0. The summed E-state index contributed by atoms with van der Waals surface area (Å²) in [7, 11) is 0. The number of likely N-dealkylation sites (tertiary alicyclic amines) is 1. The maximum Gasteiger partial charge on any atom is 0.408 e. The Hall–Kier alpha value is -1.30. The lowest BCUT2D eigenvalue weighted by Gasteiger charge is -2.17. The zero-order valence-corrected chi connectivity index (χ0v) is 6.30. The number of β-amino-alcohol motifs (C(OH)–C–C–N with tert-alkyl or cyclic N) is 1. The van der Waals surface area contributed by atoms with E-state index < -0.39 is 24.1 Å². The number of nitrogens with two attached hydrogens (primary N) is 1. The minimum atomic E-state index is -1.23. The van der Waals surface area contributed by atoms with Gasteiger partial charge in [-0.15, -0.1) is 0 Å². The van der Waals surface area contributed by atoms with Gasteiger partial charge in [-0.25, -0.2) is 4.79 Å². The van der Waals surface area contributed by atoms with Gasteiger partial charge in [0.05, 0.1) is 12.6 Å². The summed E-state index contributed by atoms with van der Waals surface area (Å²) in [6, 6.07) is -0.877. The average Bonchev–Trinajstić information content (AvgIpc) is 2.31. The SMILES string of the molecule is NC(=O)C1CC(O)CN1[13C](=O)O. The standard InChI is InChI=1S/C6H10N2O4/c7-5(10)4-1-3(9)2-8(4)6(11)12/h3-4,9H,1-2H2,(H2,7,10)(H,11,12)/i6+1. The number of amides is 2. The monoisotopic (exact) mass is 175 g/mol. The van der Waals surface area contributed by atoms with E-state index in [1.165, 1.54) is 0 Å². The third-order valence-corrected chi connectivity index (χ3v) is 1.85. The molecular weight excluding hydrogens is 165 g/mol. The van der Waals surface area contributed by atoms with E-state index in [9.17, 15) is 9.59 Å². The van der Waals surface area contributed by atoms with Gasteiger partial charge >= 0.3 is 6.09 Å². The second kappa shape index (κ2) is 2.98. The smallest absolute Gasteiger partial charge is 0.408 e. The van der Waals surface area contributed by atoms with Crippen LogP contribution in [0.1, 0.15) is 6.42 Å². The number of carbonyl (C=O) groups excluding carboxylic acids is 1. The molecule has 6 nitrogen and oxygen atoms in total. The number of carboxylic acid groups (broad SMARTS) is 1. The van der Waals surface area contributed by atoms with E-state index in [4.69, 9.17) is 15.9 Å². The Morgan fingerprint density at radius 3 is 2.42 bits per heavy atom. The highest BCUT2D eigenvalue weighted by molar-refractivity contribution is 5.84. The molecule has 4 N–H and O–H groups in total. The fourth-order valence-corrected chi connectivity index (χ4v) is 1.29. The topological polar surface area (TPSA) is 104 Å². The quantitative estimate of drug-likeness (QED) is 0.425. The summed E-state index contributed by atoms with van der Waals surface area (Å²) in [6.45, 7) is -0.0387. The Labute approximate surface area is 68.6 Å². The highest BCUT2D eigenvalue weighted by Crippen LogP contribution is 2.17. The Balaban J connectivity index is 2.72. The second-order valence-corrected chi connectivity index (χ2v) is 2.74. The van der Waals surface area contributed by atoms with Crippen molar-refractivity contribution in [2.45, 2.75) is 18.6 Å². The Bertz CT molecular complexity index is 196. The molecule has 0 aromatic rings. The molecule has 1 rings (SSSR count). The van der Waals surface area contributed by atoms with Crippen molar-refractivity contribution in [1.82, 2.24) is 4.90 Å². The summed E-state index contributed by atoms with van der Waals surface area (Å²) in [5.41, 5.74) is 4.93. The van der Waals surface area contributed by atoms with Crippen molar-refractivity contribution in [3.63, 3.8) is 0 Å². The van der Waals surface area contributed by atoms with Gasteiger partial charge in [0.1, 0.15) is 6.04 Å². The van der Waals surface area contributed by atoms with Crippen LogP contribution in [0.15, 0.2) is 0 Å². The number of carbonyl (C=O) groups is 2. The summed E-state index contributed by atoms with van der Waals surface area (Å²) in [4.78, 5) is 22.0. The predicted molar refractivity (Wildman–Crippen MR) is 38.3 cm³/mol. The van der Waals surface area contributed by atoms with Gasteiger partial charge in [0.15, 0.2) is 0 Å². The van der Waals surface area contributed by atoms with Crippen molar-refractivity contribution in [1.29, 1.82) is 0 Å². The molecule has 0 aromatic carbocycles. The van der Waals surface area contributed by atoms with Crippen LogP contribution in [-0.2, 0) is 4.79 Å². The van der Waals surface area contributed by atoms with Crippen molar-refractivity contribution in [3.8, 4) is 0 Å². The number of hydrogen-bond donors (Lipinski definition) is 3. The minimum absolute atomic E-state index is 0.0387. The van der Waals surface area contributed by atoms with Crippen LogP contribution in [0.3, 0.4) is 0 Å². The molecule has 0 saturated carbocycles. The lowest BCUT2D eigenvalue weighted by molar-refractivity contribution is -0.121. The fraction of sp³-hybridized carbons (Fsp3) is 0.667. The molecule has 6 heteroatoms. The molecule has 2 amide bonds. The number of aliphatic hydroxyl groups is 1. The van der Waals surface area contributed by atoms with Crippen molar-refractivity contribution in [2.24, 2.45) is 5.73 Å². The first-order chi connectivity index (χ1) is 5.52. The Morgan fingerprint density at radius 2 is 2.08 bits per heavy atom. The molecule has 1 fully saturated rings. The number of rotatable bonds is 1. The molecule has 1 heterocycles.